The first-order chi connectivity index (χ1) is 12.4. The summed E-state index contributed by atoms with van der Waals surface area (Å²) in [5.74, 6) is -1.30. The molecule has 1 heterocycles. The second kappa shape index (κ2) is 7.12. The number of rotatable bonds is 6. The van der Waals surface area contributed by atoms with Crippen molar-refractivity contribution in [3.8, 4) is 5.75 Å². The summed E-state index contributed by atoms with van der Waals surface area (Å²) in [6.45, 7) is -0.393. The number of halogens is 1. The smallest absolute Gasteiger partial charge is 0.269 e. The highest BCUT2D eigenvalue weighted by Gasteiger charge is 2.41. The van der Waals surface area contributed by atoms with Gasteiger partial charge >= 0.3 is 0 Å². The van der Waals surface area contributed by atoms with Crippen molar-refractivity contribution >= 4 is 21.8 Å². The molecule has 7 nitrogen and oxygen atoms in total. The minimum absolute atomic E-state index is 0.0555. The van der Waals surface area contributed by atoms with Crippen LogP contribution in [0.25, 0.3) is 0 Å². The van der Waals surface area contributed by atoms with Crippen LogP contribution in [-0.2, 0) is 14.8 Å². The SMILES string of the molecule is O=C(CN1C(=O)c2ccccc2S1(=O)=O)NCCOc1ccc(F)cc1. The van der Waals surface area contributed by atoms with Crippen LogP contribution < -0.4 is 10.1 Å². The number of hydrogen-bond acceptors (Lipinski definition) is 5. The fraction of sp³-hybridized carbons (Fsp3) is 0.176. The number of fused-ring (bicyclic) bond motifs is 1. The Labute approximate surface area is 149 Å². The molecule has 0 unspecified atom stereocenters. The van der Waals surface area contributed by atoms with Crippen LogP contribution in [-0.4, -0.2) is 44.2 Å². The lowest BCUT2D eigenvalue weighted by molar-refractivity contribution is -0.121. The van der Waals surface area contributed by atoms with E-state index in [-0.39, 0.29) is 29.4 Å². The van der Waals surface area contributed by atoms with E-state index in [0.717, 1.165) is 0 Å². The van der Waals surface area contributed by atoms with E-state index in [0.29, 0.717) is 10.1 Å². The van der Waals surface area contributed by atoms with Gasteiger partial charge in [0.25, 0.3) is 15.9 Å². The van der Waals surface area contributed by atoms with Crippen molar-refractivity contribution in [2.45, 2.75) is 4.90 Å². The number of benzene rings is 2. The summed E-state index contributed by atoms with van der Waals surface area (Å²) >= 11 is 0. The van der Waals surface area contributed by atoms with Crippen LogP contribution in [0.4, 0.5) is 4.39 Å². The van der Waals surface area contributed by atoms with E-state index in [1.165, 1.54) is 42.5 Å². The lowest BCUT2D eigenvalue weighted by Gasteiger charge is -2.15. The predicted molar refractivity (Wildman–Crippen MR) is 89.6 cm³/mol. The monoisotopic (exact) mass is 378 g/mol. The Bertz CT molecular complexity index is 944. The lowest BCUT2D eigenvalue weighted by atomic mass is 10.2. The zero-order chi connectivity index (χ0) is 18.7. The Morgan fingerprint density at radius 1 is 1.12 bits per heavy atom. The molecule has 0 fully saturated rings. The predicted octanol–water partition coefficient (Wildman–Crippen LogP) is 1.17. The Morgan fingerprint density at radius 3 is 2.50 bits per heavy atom. The molecular formula is C17H15FN2O5S. The van der Waals surface area contributed by atoms with Gasteiger partial charge < -0.3 is 10.1 Å². The molecule has 0 spiro atoms. The molecule has 0 aliphatic carbocycles. The van der Waals surface area contributed by atoms with Gasteiger partial charge in [-0.15, -0.1) is 0 Å². The van der Waals surface area contributed by atoms with Crippen molar-refractivity contribution in [1.29, 1.82) is 0 Å². The molecular weight excluding hydrogens is 363 g/mol. The molecule has 0 saturated heterocycles. The summed E-state index contributed by atoms with van der Waals surface area (Å²) in [7, 11) is -4.01. The fourth-order valence-electron chi connectivity index (χ4n) is 2.46. The van der Waals surface area contributed by atoms with Crippen molar-refractivity contribution in [2.75, 3.05) is 19.7 Å². The van der Waals surface area contributed by atoms with Gasteiger partial charge in [-0.25, -0.2) is 17.1 Å². The maximum Gasteiger partial charge on any atom is 0.269 e. The first-order valence-corrected chi connectivity index (χ1v) is 9.15. The Balaban J connectivity index is 1.52. The molecule has 26 heavy (non-hydrogen) atoms. The minimum atomic E-state index is -4.01. The second-order valence-electron chi connectivity index (χ2n) is 5.47. The number of ether oxygens (including phenoxy) is 1. The minimum Gasteiger partial charge on any atom is -0.492 e. The van der Waals surface area contributed by atoms with E-state index < -0.39 is 28.4 Å². The molecule has 0 radical (unpaired) electrons. The largest absolute Gasteiger partial charge is 0.492 e. The highest BCUT2D eigenvalue weighted by Crippen LogP contribution is 2.29. The highest BCUT2D eigenvalue weighted by atomic mass is 32.2. The molecule has 0 atom stereocenters. The average molecular weight is 378 g/mol. The van der Waals surface area contributed by atoms with E-state index >= 15 is 0 Å². The molecule has 0 aromatic heterocycles. The molecule has 1 N–H and O–H groups in total. The highest BCUT2D eigenvalue weighted by molar-refractivity contribution is 7.90. The van der Waals surface area contributed by atoms with Gasteiger partial charge in [0, 0.05) is 0 Å². The Morgan fingerprint density at radius 2 is 1.81 bits per heavy atom. The van der Waals surface area contributed by atoms with Crippen LogP contribution in [0.5, 0.6) is 5.75 Å². The van der Waals surface area contributed by atoms with Gasteiger partial charge in [0.2, 0.25) is 5.91 Å². The summed E-state index contributed by atoms with van der Waals surface area (Å²) in [6.07, 6.45) is 0. The lowest BCUT2D eigenvalue weighted by Crippen LogP contribution is -2.41. The molecule has 2 aromatic carbocycles. The molecule has 9 heteroatoms. The van der Waals surface area contributed by atoms with Crippen molar-refractivity contribution < 1.29 is 27.1 Å². The molecule has 1 aliphatic rings. The van der Waals surface area contributed by atoms with Gasteiger partial charge in [-0.2, -0.15) is 0 Å². The van der Waals surface area contributed by atoms with Crippen LogP contribution in [0.15, 0.2) is 53.4 Å². The summed E-state index contributed by atoms with van der Waals surface area (Å²) in [5.41, 5.74) is 0.0555. The number of sulfonamides is 1. The van der Waals surface area contributed by atoms with Gasteiger partial charge in [-0.1, -0.05) is 12.1 Å². The number of carbonyl (C=O) groups is 2. The fourth-order valence-corrected chi connectivity index (χ4v) is 3.99. The molecule has 2 amide bonds. The molecule has 1 aliphatic heterocycles. The topological polar surface area (TPSA) is 92.8 Å². The first-order valence-electron chi connectivity index (χ1n) is 7.71. The van der Waals surface area contributed by atoms with E-state index in [1.54, 1.807) is 6.07 Å². The quantitative estimate of drug-likeness (QED) is 0.762. The van der Waals surface area contributed by atoms with E-state index in [1.807, 2.05) is 0 Å². The summed E-state index contributed by atoms with van der Waals surface area (Å²) < 4.78 is 43.3. The average Bonchev–Trinajstić information content (AvgIpc) is 2.81. The number of nitrogens with zero attached hydrogens (tertiary/aromatic N) is 1. The number of carbonyl (C=O) groups excluding carboxylic acids is 2. The number of nitrogens with one attached hydrogen (secondary N) is 1. The third kappa shape index (κ3) is 3.52. The van der Waals surface area contributed by atoms with Gasteiger partial charge in [0.1, 0.15) is 29.6 Å². The summed E-state index contributed by atoms with van der Waals surface area (Å²) in [5, 5.41) is 2.48. The second-order valence-corrected chi connectivity index (χ2v) is 7.30. The van der Waals surface area contributed by atoms with E-state index in [4.69, 9.17) is 4.74 Å². The van der Waals surface area contributed by atoms with Crippen LogP contribution in [0.3, 0.4) is 0 Å². The zero-order valence-electron chi connectivity index (χ0n) is 13.5. The van der Waals surface area contributed by atoms with Crippen molar-refractivity contribution in [2.24, 2.45) is 0 Å². The van der Waals surface area contributed by atoms with Crippen molar-refractivity contribution in [3.05, 3.63) is 59.9 Å². The third-order valence-corrected chi connectivity index (χ3v) is 5.49. The van der Waals surface area contributed by atoms with E-state index in [9.17, 15) is 22.4 Å². The maximum absolute atomic E-state index is 12.8. The molecule has 2 aromatic rings. The first kappa shape index (κ1) is 17.9. The standard InChI is InChI=1S/C17H15FN2O5S/c18-12-5-7-13(8-6-12)25-10-9-19-16(21)11-20-17(22)14-3-1-2-4-15(14)26(20,23)24/h1-8H,9-11H2,(H,19,21). The molecule has 0 saturated carbocycles. The van der Waals surface area contributed by atoms with Crippen LogP contribution >= 0.6 is 0 Å². The van der Waals surface area contributed by atoms with E-state index in [2.05, 4.69) is 5.32 Å². The van der Waals surface area contributed by atoms with Gasteiger partial charge in [0.05, 0.1) is 12.1 Å². The summed E-state index contributed by atoms with van der Waals surface area (Å²) in [4.78, 5) is 24.1. The van der Waals surface area contributed by atoms with Crippen LogP contribution in [0, 0.1) is 5.82 Å². The van der Waals surface area contributed by atoms with Gasteiger partial charge in [-0.05, 0) is 36.4 Å². The van der Waals surface area contributed by atoms with Crippen LogP contribution in [0.2, 0.25) is 0 Å². The van der Waals surface area contributed by atoms with Crippen molar-refractivity contribution in [1.82, 2.24) is 9.62 Å². The van der Waals surface area contributed by atoms with Gasteiger partial charge in [0.15, 0.2) is 0 Å². The maximum atomic E-state index is 12.8. The van der Waals surface area contributed by atoms with Gasteiger partial charge in [-0.3, -0.25) is 9.59 Å². The Hall–Kier alpha value is -2.94. The molecule has 0 bridgehead atoms. The van der Waals surface area contributed by atoms with Crippen molar-refractivity contribution in [3.63, 3.8) is 0 Å². The number of hydrogen-bond donors (Lipinski definition) is 1. The third-order valence-electron chi connectivity index (χ3n) is 3.71. The normalized spacial score (nSPS) is 14.8. The summed E-state index contributed by atoms with van der Waals surface area (Å²) in [6, 6.07) is 11.2. The molecule has 136 valence electrons. The zero-order valence-corrected chi connectivity index (χ0v) is 14.3. The Kier molecular flexibility index (Phi) is 4.90. The van der Waals surface area contributed by atoms with Crippen LogP contribution in [0.1, 0.15) is 10.4 Å². The molecule has 3 rings (SSSR count). The number of amides is 2.